The van der Waals surface area contributed by atoms with Crippen LogP contribution in [0.25, 0.3) is 10.8 Å². The highest BCUT2D eigenvalue weighted by Crippen LogP contribution is 2.30. The first-order valence-corrected chi connectivity index (χ1v) is 9.06. The molecule has 24 heavy (non-hydrogen) atoms. The van der Waals surface area contributed by atoms with Crippen molar-refractivity contribution in [3.05, 3.63) is 48.0 Å². The van der Waals surface area contributed by atoms with Crippen molar-refractivity contribution in [3.8, 4) is 0 Å². The predicted molar refractivity (Wildman–Crippen MR) is 96.9 cm³/mol. The zero-order valence-corrected chi connectivity index (χ0v) is 14.0. The van der Waals surface area contributed by atoms with E-state index in [1.807, 2.05) is 0 Å². The summed E-state index contributed by atoms with van der Waals surface area (Å²) in [6.07, 6.45) is 4.58. The van der Waals surface area contributed by atoms with Crippen molar-refractivity contribution in [3.63, 3.8) is 0 Å². The Kier molecular flexibility index (Phi) is 4.39. The predicted octanol–water partition coefficient (Wildman–Crippen LogP) is 3.27. The van der Waals surface area contributed by atoms with Gasteiger partial charge in [0, 0.05) is 25.2 Å². The summed E-state index contributed by atoms with van der Waals surface area (Å²) in [5.41, 5.74) is 1.15. The van der Waals surface area contributed by atoms with Crippen molar-refractivity contribution in [2.45, 2.75) is 44.3 Å². The molecule has 1 atom stereocenters. The minimum Gasteiger partial charge on any atom is -0.334 e. The van der Waals surface area contributed by atoms with Crippen LogP contribution in [-0.2, 0) is 6.54 Å². The second-order valence-corrected chi connectivity index (χ2v) is 6.98. The minimum atomic E-state index is 0.0966. The number of fused-ring (bicyclic) bond motifs is 1. The third-order valence-electron chi connectivity index (χ3n) is 5.10. The van der Waals surface area contributed by atoms with Crippen LogP contribution in [0.3, 0.4) is 0 Å². The van der Waals surface area contributed by atoms with Crippen LogP contribution in [-0.4, -0.2) is 36.1 Å². The number of hydrogen-bond donors (Lipinski definition) is 2. The third kappa shape index (κ3) is 3.39. The Balaban J connectivity index is 1.42. The molecule has 1 heterocycles. The maximum atomic E-state index is 12.7. The molecule has 1 aliphatic carbocycles. The average Bonchev–Trinajstić information content (AvgIpc) is 3.46. The summed E-state index contributed by atoms with van der Waals surface area (Å²) in [5.74, 6) is 0. The van der Waals surface area contributed by atoms with Crippen molar-refractivity contribution >= 4 is 16.8 Å². The number of nitrogens with zero attached hydrogens (tertiary/aromatic N) is 1. The van der Waals surface area contributed by atoms with Gasteiger partial charge in [0.1, 0.15) is 0 Å². The highest BCUT2D eigenvalue weighted by atomic mass is 16.2. The highest BCUT2D eigenvalue weighted by molar-refractivity contribution is 5.83. The molecule has 0 spiro atoms. The van der Waals surface area contributed by atoms with Gasteiger partial charge in [-0.05, 0) is 54.6 Å². The number of piperidine rings is 1. The topological polar surface area (TPSA) is 44.4 Å². The molecule has 2 aromatic carbocycles. The van der Waals surface area contributed by atoms with Gasteiger partial charge in [0.05, 0.1) is 0 Å². The van der Waals surface area contributed by atoms with Crippen molar-refractivity contribution in [2.75, 3.05) is 13.1 Å². The molecular weight excluding hydrogens is 298 g/mol. The molecule has 2 aromatic rings. The largest absolute Gasteiger partial charge is 0.334 e. The van der Waals surface area contributed by atoms with Gasteiger partial charge in [0.25, 0.3) is 0 Å². The number of amides is 2. The lowest BCUT2D eigenvalue weighted by atomic mass is 10.1. The van der Waals surface area contributed by atoms with Gasteiger partial charge in [0.2, 0.25) is 0 Å². The van der Waals surface area contributed by atoms with Crippen molar-refractivity contribution < 1.29 is 4.79 Å². The zero-order valence-electron chi connectivity index (χ0n) is 14.0. The minimum absolute atomic E-state index is 0.0966. The Morgan fingerprint density at radius 3 is 2.67 bits per heavy atom. The van der Waals surface area contributed by atoms with Crippen molar-refractivity contribution in [1.82, 2.24) is 15.5 Å². The summed E-state index contributed by atoms with van der Waals surface area (Å²) in [5, 5.41) is 9.03. The maximum absolute atomic E-state index is 12.7. The van der Waals surface area contributed by atoms with Gasteiger partial charge in [-0.2, -0.15) is 0 Å². The van der Waals surface area contributed by atoms with Gasteiger partial charge < -0.3 is 15.5 Å². The molecule has 2 N–H and O–H groups in total. The smallest absolute Gasteiger partial charge is 0.318 e. The lowest BCUT2D eigenvalue weighted by Gasteiger charge is -2.35. The summed E-state index contributed by atoms with van der Waals surface area (Å²) in [7, 11) is 0. The number of carbonyl (C=O) groups excluding carboxylic acids is 1. The van der Waals surface area contributed by atoms with Gasteiger partial charge in [-0.1, -0.05) is 36.4 Å². The number of benzene rings is 2. The molecular formula is C20H25N3O. The van der Waals surface area contributed by atoms with E-state index in [-0.39, 0.29) is 6.03 Å². The van der Waals surface area contributed by atoms with E-state index in [2.05, 4.69) is 58.0 Å². The number of nitrogens with one attached hydrogen (secondary N) is 2. The Hall–Kier alpha value is -2.07. The Bertz CT molecular complexity index is 720. The van der Waals surface area contributed by atoms with Gasteiger partial charge >= 0.3 is 6.03 Å². The van der Waals surface area contributed by atoms with Gasteiger partial charge in [-0.25, -0.2) is 4.79 Å². The zero-order chi connectivity index (χ0) is 16.4. The fourth-order valence-corrected chi connectivity index (χ4v) is 3.67. The van der Waals surface area contributed by atoms with E-state index in [4.69, 9.17) is 0 Å². The quantitative estimate of drug-likeness (QED) is 0.907. The van der Waals surface area contributed by atoms with Crippen LogP contribution < -0.4 is 10.6 Å². The van der Waals surface area contributed by atoms with E-state index >= 15 is 0 Å². The van der Waals surface area contributed by atoms with Crippen LogP contribution in [0.2, 0.25) is 0 Å². The fraction of sp³-hybridized carbons (Fsp3) is 0.450. The second kappa shape index (κ2) is 6.81. The van der Waals surface area contributed by atoms with Crippen LogP contribution in [0.5, 0.6) is 0 Å². The average molecular weight is 323 g/mol. The summed E-state index contributed by atoms with van der Waals surface area (Å²) in [4.78, 5) is 14.9. The lowest BCUT2D eigenvalue weighted by Crippen LogP contribution is -2.52. The molecule has 126 valence electrons. The normalized spacial score (nSPS) is 20.8. The second-order valence-electron chi connectivity index (χ2n) is 6.98. The molecule has 4 nitrogen and oxygen atoms in total. The molecule has 0 aromatic heterocycles. The number of urea groups is 1. The Labute approximate surface area is 143 Å². The monoisotopic (exact) mass is 323 g/mol. The first-order chi connectivity index (χ1) is 11.8. The van der Waals surface area contributed by atoms with E-state index in [0.29, 0.717) is 18.6 Å². The highest BCUT2D eigenvalue weighted by Gasteiger charge is 2.37. The first-order valence-electron chi connectivity index (χ1n) is 9.06. The van der Waals surface area contributed by atoms with Gasteiger partial charge in [0.15, 0.2) is 0 Å². The molecule has 1 saturated heterocycles. The van der Waals surface area contributed by atoms with Crippen LogP contribution in [0.1, 0.15) is 31.2 Å². The van der Waals surface area contributed by atoms with Gasteiger partial charge in [-0.15, -0.1) is 0 Å². The molecule has 2 fully saturated rings. The van der Waals surface area contributed by atoms with E-state index in [1.54, 1.807) is 0 Å². The van der Waals surface area contributed by atoms with E-state index in [0.717, 1.165) is 44.3 Å². The standard InChI is InChI=1S/C20H25N3O/c24-20(23(18-9-10-18)19-6-3-11-21-14-19)22-13-15-7-8-16-4-1-2-5-17(16)12-15/h1-2,4-5,7-8,12,18-19,21H,3,6,9-11,13-14H2,(H,22,24). The summed E-state index contributed by atoms with van der Waals surface area (Å²) >= 11 is 0. The van der Waals surface area contributed by atoms with E-state index in [1.165, 1.54) is 10.8 Å². The molecule has 0 radical (unpaired) electrons. The molecule has 2 amide bonds. The van der Waals surface area contributed by atoms with Crippen LogP contribution in [0, 0.1) is 0 Å². The third-order valence-corrected chi connectivity index (χ3v) is 5.10. The summed E-state index contributed by atoms with van der Waals surface area (Å²) in [6.45, 7) is 2.60. The summed E-state index contributed by atoms with van der Waals surface area (Å²) in [6, 6.07) is 15.6. The maximum Gasteiger partial charge on any atom is 0.318 e. The van der Waals surface area contributed by atoms with Crippen molar-refractivity contribution in [2.24, 2.45) is 0 Å². The first kappa shape index (κ1) is 15.5. The molecule has 1 saturated carbocycles. The van der Waals surface area contributed by atoms with Crippen LogP contribution >= 0.6 is 0 Å². The fourth-order valence-electron chi connectivity index (χ4n) is 3.67. The van der Waals surface area contributed by atoms with Crippen LogP contribution in [0.4, 0.5) is 4.79 Å². The molecule has 0 bridgehead atoms. The van der Waals surface area contributed by atoms with E-state index in [9.17, 15) is 4.79 Å². The van der Waals surface area contributed by atoms with Gasteiger partial charge in [-0.3, -0.25) is 0 Å². The molecule has 2 aliphatic rings. The number of hydrogen-bond acceptors (Lipinski definition) is 2. The Morgan fingerprint density at radius 1 is 1.08 bits per heavy atom. The molecule has 4 heteroatoms. The van der Waals surface area contributed by atoms with E-state index < -0.39 is 0 Å². The summed E-state index contributed by atoms with van der Waals surface area (Å²) < 4.78 is 0. The number of rotatable bonds is 4. The Morgan fingerprint density at radius 2 is 1.92 bits per heavy atom. The SMILES string of the molecule is O=C(NCc1ccc2ccccc2c1)N(C1CC1)C1CCCNC1. The molecule has 1 unspecified atom stereocenters. The lowest BCUT2D eigenvalue weighted by molar-refractivity contribution is 0.155. The molecule has 1 aliphatic heterocycles. The van der Waals surface area contributed by atoms with Crippen LogP contribution in [0.15, 0.2) is 42.5 Å². The number of carbonyl (C=O) groups is 1. The van der Waals surface area contributed by atoms with Crippen molar-refractivity contribution in [1.29, 1.82) is 0 Å². The molecule has 4 rings (SSSR count).